The minimum absolute atomic E-state index is 0.0255. The highest BCUT2D eigenvalue weighted by molar-refractivity contribution is 7.96. The van der Waals surface area contributed by atoms with E-state index >= 15 is 0 Å². The summed E-state index contributed by atoms with van der Waals surface area (Å²) in [4.78, 5) is 49.4. The molecule has 0 spiro atoms. The van der Waals surface area contributed by atoms with E-state index in [1.807, 2.05) is 0 Å². The van der Waals surface area contributed by atoms with Crippen LogP contribution in [0.5, 0.6) is 5.75 Å². The van der Waals surface area contributed by atoms with Crippen molar-refractivity contribution < 1.29 is 33.4 Å². The lowest BCUT2D eigenvalue weighted by Crippen LogP contribution is -2.35. The van der Waals surface area contributed by atoms with Crippen molar-refractivity contribution in [2.75, 3.05) is 31.7 Å². The molecule has 0 aromatic heterocycles. The Morgan fingerprint density at radius 2 is 1.74 bits per heavy atom. The van der Waals surface area contributed by atoms with E-state index in [-0.39, 0.29) is 38.3 Å². The molecule has 0 bridgehead atoms. The number of hydrogen-bond donors (Lipinski definition) is 3. The maximum atomic E-state index is 12.9. The second kappa shape index (κ2) is 13.4. The first kappa shape index (κ1) is 26.9. The zero-order chi connectivity index (χ0) is 25.1. The summed E-state index contributed by atoms with van der Waals surface area (Å²) in [6.45, 7) is 11.0. The Hall–Kier alpha value is -3.37. The van der Waals surface area contributed by atoms with Gasteiger partial charge in [0.05, 0.1) is 11.6 Å². The minimum atomic E-state index is -1.10. The molecule has 34 heavy (non-hydrogen) atoms. The molecule has 1 aromatic carbocycles. The number of carbonyl (C=O) groups excluding carboxylic acids is 4. The van der Waals surface area contributed by atoms with E-state index in [1.54, 1.807) is 12.1 Å². The molecule has 2 rings (SSSR count). The molecular formula is C24H28N2O7S. The molecule has 1 fully saturated rings. The van der Waals surface area contributed by atoms with E-state index in [0.717, 1.165) is 0 Å². The highest BCUT2D eigenvalue weighted by Gasteiger charge is 2.41. The van der Waals surface area contributed by atoms with Gasteiger partial charge in [-0.15, -0.1) is 12.6 Å². The zero-order valence-electron chi connectivity index (χ0n) is 18.7. The largest absolute Gasteiger partial charge is 0.489 e. The van der Waals surface area contributed by atoms with E-state index in [1.165, 1.54) is 24.3 Å². The fourth-order valence-electron chi connectivity index (χ4n) is 3.42. The van der Waals surface area contributed by atoms with Crippen LogP contribution in [0.1, 0.15) is 16.8 Å². The Bertz CT molecular complexity index is 963. The standard InChI is InChI=1S/C24H28N2O7S/c1-4-7-31-18-11-15(22(28)32-8-5-2)10-17(13-18)26-21(27)19-12-16(14-25-19)20(24(30)34)23(29)33-9-6-3/h4-6,10-11,13,16,19-20,25H,1-3,7-9,12,14H2,(H,26,27)(H,30,34)/t16-,19+,20?/m1/s1. The number of esters is 2. The fraction of sp³-hybridized carbons (Fsp3) is 0.333. The van der Waals surface area contributed by atoms with Gasteiger partial charge in [0.2, 0.25) is 5.91 Å². The quantitative estimate of drug-likeness (QED) is 0.167. The third-order valence-corrected chi connectivity index (χ3v) is 5.20. The van der Waals surface area contributed by atoms with Crippen LogP contribution in [0.25, 0.3) is 0 Å². The lowest BCUT2D eigenvalue weighted by atomic mass is 9.90. The summed E-state index contributed by atoms with van der Waals surface area (Å²) < 4.78 is 15.6. The van der Waals surface area contributed by atoms with Crippen LogP contribution in [-0.4, -0.2) is 55.4 Å². The van der Waals surface area contributed by atoms with Gasteiger partial charge in [-0.3, -0.25) is 14.4 Å². The molecule has 1 amide bonds. The van der Waals surface area contributed by atoms with Crippen molar-refractivity contribution in [1.29, 1.82) is 0 Å². The SMILES string of the molecule is C=CCOC(=O)c1cc(NC(=O)[C@@H]2C[C@@H](C(C(=O)S)C(=O)OCC=C)CN2)cc(OCC=C)c1. The number of ether oxygens (including phenoxy) is 3. The smallest absolute Gasteiger partial charge is 0.338 e. The molecule has 9 nitrogen and oxygen atoms in total. The normalized spacial score (nSPS) is 17.7. The summed E-state index contributed by atoms with van der Waals surface area (Å²) in [6.07, 6.45) is 4.60. The Balaban J connectivity index is 2.13. The van der Waals surface area contributed by atoms with Crippen LogP contribution in [0.15, 0.2) is 56.2 Å². The van der Waals surface area contributed by atoms with Crippen molar-refractivity contribution in [3.63, 3.8) is 0 Å². The second-order valence-electron chi connectivity index (χ2n) is 7.41. The fourth-order valence-corrected chi connectivity index (χ4v) is 3.73. The third kappa shape index (κ3) is 7.60. The maximum Gasteiger partial charge on any atom is 0.338 e. The predicted octanol–water partition coefficient (Wildman–Crippen LogP) is 2.31. The topological polar surface area (TPSA) is 120 Å². The third-order valence-electron chi connectivity index (χ3n) is 4.93. The van der Waals surface area contributed by atoms with Crippen molar-refractivity contribution >= 4 is 41.3 Å². The first-order valence-corrected chi connectivity index (χ1v) is 11.0. The predicted molar refractivity (Wildman–Crippen MR) is 130 cm³/mol. The van der Waals surface area contributed by atoms with Crippen molar-refractivity contribution in [3.05, 3.63) is 61.7 Å². The summed E-state index contributed by atoms with van der Waals surface area (Å²) in [5.74, 6) is -2.95. The molecule has 1 saturated heterocycles. The van der Waals surface area contributed by atoms with Crippen LogP contribution >= 0.6 is 12.6 Å². The number of amides is 1. The summed E-state index contributed by atoms with van der Waals surface area (Å²) in [5, 5.41) is 5.12. The highest BCUT2D eigenvalue weighted by Crippen LogP contribution is 2.28. The van der Waals surface area contributed by atoms with Crippen molar-refractivity contribution in [2.24, 2.45) is 11.8 Å². The molecule has 1 heterocycles. The average molecular weight is 489 g/mol. The number of thiol groups is 1. The van der Waals surface area contributed by atoms with Crippen molar-refractivity contribution in [2.45, 2.75) is 12.5 Å². The molecule has 0 aliphatic carbocycles. The molecular weight excluding hydrogens is 460 g/mol. The monoisotopic (exact) mass is 488 g/mol. The van der Waals surface area contributed by atoms with Gasteiger partial charge < -0.3 is 24.8 Å². The van der Waals surface area contributed by atoms with Crippen LogP contribution in [0.4, 0.5) is 5.69 Å². The lowest BCUT2D eigenvalue weighted by Gasteiger charge is -2.18. The van der Waals surface area contributed by atoms with Crippen LogP contribution in [-0.2, 0) is 23.9 Å². The van der Waals surface area contributed by atoms with E-state index in [9.17, 15) is 19.2 Å². The molecule has 0 radical (unpaired) electrons. The molecule has 1 aliphatic rings. The summed E-state index contributed by atoms with van der Waals surface area (Å²) in [7, 11) is 0. The summed E-state index contributed by atoms with van der Waals surface area (Å²) in [5.41, 5.74) is 0.497. The van der Waals surface area contributed by atoms with Gasteiger partial charge in [-0.2, -0.15) is 0 Å². The van der Waals surface area contributed by atoms with E-state index in [0.29, 0.717) is 11.4 Å². The molecule has 3 atom stereocenters. The molecule has 1 unspecified atom stereocenters. The van der Waals surface area contributed by atoms with Gasteiger partial charge in [0.25, 0.3) is 0 Å². The van der Waals surface area contributed by atoms with Gasteiger partial charge in [-0.25, -0.2) is 4.79 Å². The molecule has 1 aromatic rings. The van der Waals surface area contributed by atoms with Gasteiger partial charge in [-0.1, -0.05) is 38.0 Å². The van der Waals surface area contributed by atoms with Crippen molar-refractivity contribution in [1.82, 2.24) is 5.32 Å². The second-order valence-corrected chi connectivity index (χ2v) is 7.85. The van der Waals surface area contributed by atoms with Crippen LogP contribution < -0.4 is 15.4 Å². The first-order chi connectivity index (χ1) is 16.3. The van der Waals surface area contributed by atoms with Crippen molar-refractivity contribution in [3.8, 4) is 5.75 Å². The average Bonchev–Trinajstić information content (AvgIpc) is 3.29. The number of benzene rings is 1. The Morgan fingerprint density at radius 1 is 1.06 bits per heavy atom. The Morgan fingerprint density at radius 3 is 2.38 bits per heavy atom. The minimum Gasteiger partial charge on any atom is -0.489 e. The summed E-state index contributed by atoms with van der Waals surface area (Å²) >= 11 is 3.82. The number of anilines is 1. The van der Waals surface area contributed by atoms with Gasteiger partial charge in [0.15, 0.2) is 5.12 Å². The van der Waals surface area contributed by atoms with E-state index < -0.39 is 40.8 Å². The highest BCUT2D eigenvalue weighted by atomic mass is 32.1. The molecule has 2 N–H and O–H groups in total. The van der Waals surface area contributed by atoms with Gasteiger partial charge in [0, 0.05) is 18.3 Å². The number of nitrogens with one attached hydrogen (secondary N) is 2. The number of carbonyl (C=O) groups is 4. The molecule has 0 saturated carbocycles. The van der Waals surface area contributed by atoms with Gasteiger partial charge in [-0.05, 0) is 24.5 Å². The van der Waals surface area contributed by atoms with Gasteiger partial charge >= 0.3 is 11.9 Å². The number of rotatable bonds is 13. The van der Waals surface area contributed by atoms with E-state index in [2.05, 4.69) is 43.0 Å². The summed E-state index contributed by atoms with van der Waals surface area (Å²) in [6, 6.07) is 3.83. The first-order valence-electron chi connectivity index (χ1n) is 10.5. The Kier molecular flexibility index (Phi) is 10.6. The molecule has 1 aliphatic heterocycles. The van der Waals surface area contributed by atoms with Gasteiger partial charge in [0.1, 0.15) is 31.5 Å². The van der Waals surface area contributed by atoms with Crippen LogP contribution in [0, 0.1) is 11.8 Å². The molecule has 182 valence electrons. The maximum absolute atomic E-state index is 12.9. The van der Waals surface area contributed by atoms with Crippen LogP contribution in [0.2, 0.25) is 0 Å². The number of hydrogen-bond acceptors (Lipinski definition) is 8. The van der Waals surface area contributed by atoms with Crippen LogP contribution in [0.3, 0.4) is 0 Å². The zero-order valence-corrected chi connectivity index (χ0v) is 19.6. The lowest BCUT2D eigenvalue weighted by molar-refractivity contribution is -0.151. The molecule has 10 heteroatoms. The van der Waals surface area contributed by atoms with E-state index in [4.69, 9.17) is 14.2 Å². The Labute approximate surface area is 203 Å².